The number of aliphatic imine (C=N–C) groups is 1. The van der Waals surface area contributed by atoms with E-state index >= 15 is 0 Å². The van der Waals surface area contributed by atoms with Crippen molar-refractivity contribution in [2.45, 2.75) is 146 Å². The number of aliphatic hydroxyl groups is 4. The molecule has 1 saturated heterocycles. The Morgan fingerprint density at radius 1 is 0.758 bits per heavy atom. The van der Waals surface area contributed by atoms with Gasteiger partial charge in [-0.05, 0) is 169 Å². The molecule has 9 aromatic rings. The highest BCUT2D eigenvalue weighted by molar-refractivity contribution is 7.99. The van der Waals surface area contributed by atoms with Crippen molar-refractivity contribution in [2.75, 3.05) is 130 Å². The second-order valence-corrected chi connectivity index (χ2v) is 32.5. The zero-order valence-electron chi connectivity index (χ0n) is 76.5. The van der Waals surface area contributed by atoms with Crippen molar-refractivity contribution in [3.8, 4) is 29.2 Å². The highest BCUT2D eigenvalue weighted by atomic mass is 32.2. The standard InChI is InChI=1S/C22H26N2O4S.C19H25N5O4.C13H19N5.C12H18N2O4.2C10H15NO.C9H13NO/c1-15(25)28-20-21(16-9-11-17(27-4)12-10-16)29-19-8-6-5-7-18(19)24(22(20)26)14-13-23(2)3;1-24(7-4-6-21-18(26)15-5-3-8-28-15)19-22-14-10-16(27-2)12(11-25)9-13(14)17(20)23-19;1-10(13(2,3)4)17-12(16-9-14)18-11-5-7-15-8-6-11;1-17-8-3-4-11(18-2)9(5-8)10(15)7-14-12(16)6-13;1-7-3-4-8(2)9(5-7)10(12)6-11;1-8(11-2)10(12)9-6-4-3-5-7-9;1-7(10)9(11)8-5-3-2-4-6-8/h5-12,20-21H,13-14H2,1-4H3;9-11,15H,3-8H2,1-2H3,(H,21,26)(H2,20,22,23);5-8,10H,1-4H3,(H2,15,16,17,18);3-5,10,15H,6-7,13H2,1-2H3,(H,14,16);3-5,10,12H,6,11H2,1-2H3;3-8,10-12H,1-2H3;2-7,9,11H,10H2,1H3/t20-,21+;;;;;;/m1....../s1. The number of anilines is 4. The van der Waals surface area contributed by atoms with Crippen molar-refractivity contribution in [2.24, 2.45) is 27.6 Å². The fourth-order valence-corrected chi connectivity index (χ4v) is 13.6. The number of hydrogen-bond donors (Lipinski definition) is 13. The van der Waals surface area contributed by atoms with Crippen molar-refractivity contribution >= 4 is 81.7 Å². The third kappa shape index (κ3) is 35.0. The van der Waals surface area contributed by atoms with Gasteiger partial charge in [-0.15, -0.1) is 11.8 Å². The van der Waals surface area contributed by atoms with E-state index in [1.807, 2.05) is 211 Å². The Hall–Kier alpha value is -11.9. The number of hydrogen-bond acceptors (Lipinski definition) is 28. The van der Waals surface area contributed by atoms with Crippen LogP contribution < -0.4 is 78.3 Å². The first kappa shape index (κ1) is 107. The van der Waals surface area contributed by atoms with Gasteiger partial charge in [-0.2, -0.15) is 10.2 Å². The number of esters is 1. The number of pyridine rings is 1. The lowest BCUT2D eigenvalue weighted by molar-refractivity contribution is -0.152. The number of likely N-dealkylation sites (N-methyl/N-ethyl adjacent to an activating group) is 2. The normalized spacial score (nSPS) is 15.4. The minimum atomic E-state index is -0.916. The Morgan fingerprint density at radius 2 is 1.38 bits per heavy atom. The quantitative estimate of drug-likeness (QED) is 0.00394. The van der Waals surface area contributed by atoms with E-state index in [-0.39, 0.29) is 72.3 Å². The topological polar surface area (TPSA) is 470 Å². The number of aliphatic hydroxyl groups excluding tert-OH is 4. The first-order valence-electron chi connectivity index (χ1n) is 42.0. The fourth-order valence-electron chi connectivity index (χ4n) is 12.3. The van der Waals surface area contributed by atoms with Crippen LogP contribution in [0.15, 0.2) is 192 Å². The van der Waals surface area contributed by atoms with E-state index in [9.17, 15) is 44.4 Å². The lowest BCUT2D eigenvalue weighted by atomic mass is 9.88. The number of aromatic nitrogens is 3. The van der Waals surface area contributed by atoms with Gasteiger partial charge in [-0.1, -0.05) is 129 Å². The van der Waals surface area contributed by atoms with Crippen molar-refractivity contribution in [1.82, 2.24) is 41.1 Å². The van der Waals surface area contributed by atoms with Crippen molar-refractivity contribution in [3.63, 3.8) is 0 Å². The Kier molecular flexibility index (Phi) is 46.3. The second-order valence-electron chi connectivity index (χ2n) is 31.3. The summed E-state index contributed by atoms with van der Waals surface area (Å²) in [5.41, 5.74) is 31.3. The molecule has 2 aliphatic rings. The van der Waals surface area contributed by atoms with Crippen LogP contribution in [-0.4, -0.2) is 216 Å². The van der Waals surface area contributed by atoms with E-state index < -0.39 is 36.5 Å². The Labute approximate surface area is 756 Å². The monoisotopic (exact) mass is 1780 g/mol. The molecule has 33 heteroatoms. The molecule has 1 fully saturated rings. The van der Waals surface area contributed by atoms with Crippen LogP contribution in [0, 0.1) is 30.7 Å². The number of ether oxygens (including phenoxy) is 6. The lowest BCUT2D eigenvalue weighted by Crippen LogP contribution is -2.45. The van der Waals surface area contributed by atoms with Gasteiger partial charge < -0.3 is 108 Å². The summed E-state index contributed by atoms with van der Waals surface area (Å²) in [5, 5.41) is 61.7. The number of aryl methyl sites for hydroxylation is 2. The van der Waals surface area contributed by atoms with Crippen molar-refractivity contribution < 1.29 is 72.8 Å². The van der Waals surface area contributed by atoms with Gasteiger partial charge in [-0.3, -0.25) is 34.3 Å². The molecule has 0 saturated carbocycles. The second kappa shape index (κ2) is 55.6. The number of guanidine groups is 1. The Balaban J connectivity index is 0.000000273. The van der Waals surface area contributed by atoms with E-state index in [0.717, 1.165) is 74.7 Å². The van der Waals surface area contributed by atoms with Crippen LogP contribution in [0.3, 0.4) is 0 Å². The van der Waals surface area contributed by atoms with Gasteiger partial charge in [0.05, 0.1) is 87.5 Å². The average Bonchev–Trinajstić information content (AvgIpc) is 1.66. The third-order valence-corrected chi connectivity index (χ3v) is 21.7. The molecule has 4 heterocycles. The van der Waals surface area contributed by atoms with Crippen molar-refractivity contribution in [1.29, 1.82) is 5.26 Å². The van der Waals surface area contributed by atoms with E-state index in [4.69, 9.17) is 56.6 Å². The first-order chi connectivity index (χ1) is 61.1. The summed E-state index contributed by atoms with van der Waals surface area (Å²) >= 11 is 1.54. The minimum absolute atomic E-state index is 0.0440. The Morgan fingerprint density at radius 3 is 1.94 bits per heavy atom. The molecule has 692 valence electrons. The van der Waals surface area contributed by atoms with E-state index in [1.54, 1.807) is 73.4 Å². The molecule has 0 radical (unpaired) electrons. The summed E-state index contributed by atoms with van der Waals surface area (Å²) < 4.78 is 31.6. The number of nitriles is 1. The van der Waals surface area contributed by atoms with Crippen LogP contribution in [0.5, 0.6) is 23.0 Å². The van der Waals surface area contributed by atoms with Crippen LogP contribution in [0.25, 0.3) is 10.9 Å². The summed E-state index contributed by atoms with van der Waals surface area (Å²) in [6.07, 6.45) is 4.80. The molecule has 11 rings (SSSR count). The molecule has 10 atom stereocenters. The number of para-hydroxylation sites is 1. The smallest absolute Gasteiger partial charge is 0.303 e. The van der Waals surface area contributed by atoms with Gasteiger partial charge in [0, 0.05) is 112 Å². The number of nitrogens with two attached hydrogens (primary N) is 4. The van der Waals surface area contributed by atoms with Gasteiger partial charge in [0.15, 0.2) is 18.6 Å². The van der Waals surface area contributed by atoms with Gasteiger partial charge in [-0.25, -0.2) is 9.98 Å². The molecule has 3 amide bonds. The number of fused-ring (bicyclic) bond motifs is 2. The summed E-state index contributed by atoms with van der Waals surface area (Å²) in [6, 6.07) is 52.5. The van der Waals surface area contributed by atoms with Crippen LogP contribution in [0.1, 0.15) is 147 Å². The minimum Gasteiger partial charge on any atom is -0.497 e. The summed E-state index contributed by atoms with van der Waals surface area (Å²) in [7, 11) is 13.8. The van der Waals surface area contributed by atoms with Crippen LogP contribution in [0.4, 0.5) is 23.1 Å². The zero-order chi connectivity index (χ0) is 94.6. The number of nitrogens with zero attached hydrogens (tertiary/aromatic N) is 8. The maximum absolute atomic E-state index is 13.6. The van der Waals surface area contributed by atoms with Gasteiger partial charge in [0.1, 0.15) is 34.9 Å². The van der Waals surface area contributed by atoms with E-state index in [0.29, 0.717) is 96.1 Å². The van der Waals surface area contributed by atoms with E-state index in [1.165, 1.54) is 28.3 Å². The number of carbonyl (C=O) groups excluding carboxylic acids is 5. The van der Waals surface area contributed by atoms with Gasteiger partial charge >= 0.3 is 5.97 Å². The number of carbonyl (C=O) groups is 5. The zero-order valence-corrected chi connectivity index (χ0v) is 77.3. The number of rotatable bonds is 29. The predicted molar refractivity (Wildman–Crippen MR) is 505 cm³/mol. The molecule has 0 spiro atoms. The van der Waals surface area contributed by atoms with Crippen molar-refractivity contribution in [3.05, 3.63) is 227 Å². The number of nitrogens with one attached hydrogen (secondary N) is 5. The molecule has 0 aliphatic carbocycles. The maximum Gasteiger partial charge on any atom is 0.303 e. The molecule has 2 aromatic heterocycles. The molecule has 128 heavy (non-hydrogen) atoms. The molecular formula is C95H131N17O15S. The number of nitrogen functional groups attached to an aromatic ring is 1. The number of aldehydes is 1. The van der Waals surface area contributed by atoms with Gasteiger partial charge in [0.25, 0.3) is 5.91 Å². The number of methoxy groups -OCH3 is 4. The highest BCUT2D eigenvalue weighted by Gasteiger charge is 2.41. The number of thioether (sulfide) groups is 1. The SMILES string of the molecule is CC(N)C(O)c1ccccc1.CC(N=C(NC#N)Nc1ccncc1)C(C)(C)C.CNC(C)C(O)c1ccccc1.COc1cc2nc(N(C)CCCNC(=O)C3CCCO3)nc(N)c2cc1C=O.COc1ccc(OC)c(C(O)CNC(=O)CN)c1.COc1ccc([C@@H]2Sc3ccccc3N(CCN(C)C)C(=O)[C@@H]2OC(C)=O)cc1.Cc1ccc(C)c(C(O)CN)c1. The molecule has 17 N–H and O–H groups in total. The van der Waals surface area contributed by atoms with Gasteiger partial charge in [0.2, 0.25) is 23.7 Å². The third-order valence-electron chi connectivity index (χ3n) is 20.3. The molecule has 8 unspecified atom stereocenters. The lowest BCUT2D eigenvalue weighted by Gasteiger charge is -2.28. The summed E-state index contributed by atoms with van der Waals surface area (Å²) in [5.74, 6) is 2.47. The van der Waals surface area contributed by atoms with Crippen LogP contribution >= 0.6 is 11.8 Å². The average molecular weight is 1780 g/mol. The molecule has 2 aliphatic heterocycles. The fraction of sp³-hybridized carbons (Fsp3) is 0.411. The Bertz CT molecular complexity index is 4930. The van der Waals surface area contributed by atoms with Crippen LogP contribution in [-0.2, 0) is 28.7 Å². The molecule has 0 bridgehead atoms. The predicted octanol–water partition coefficient (Wildman–Crippen LogP) is 10.4. The summed E-state index contributed by atoms with van der Waals surface area (Å²) in [6.45, 7) is 20.7. The molecular weight excluding hydrogens is 1650 g/mol. The highest BCUT2D eigenvalue weighted by Crippen LogP contribution is 2.47. The van der Waals surface area contributed by atoms with E-state index in [2.05, 4.69) is 67.3 Å². The molecule has 7 aromatic carbocycles. The largest absolute Gasteiger partial charge is 0.497 e. The maximum atomic E-state index is 13.6. The first-order valence-corrected chi connectivity index (χ1v) is 42.8. The number of amides is 3. The summed E-state index contributed by atoms with van der Waals surface area (Å²) in [4.78, 5) is 83.5. The van der Waals surface area contributed by atoms with Crippen LogP contribution in [0.2, 0.25) is 0 Å². The molecule has 32 nitrogen and oxygen atoms in total. The number of benzene rings is 7.